The molecule has 1 aromatic heterocycles. The fourth-order valence-electron chi connectivity index (χ4n) is 3.08. The number of anilines is 1. The molecule has 0 saturated heterocycles. The summed E-state index contributed by atoms with van der Waals surface area (Å²) in [5.74, 6) is 1.25. The standard InChI is InChI=1S/C22H33N5O5S/c1-6-8-10-23-22(29)27(11-7-2)12-9-18(28)24-21-26-25-20(33-21)15-13-16(30-3)19(32-5)17(14-15)31-4/h13-14H,6-12H2,1-5H3,(H,23,29)(H,24,26,28). The minimum Gasteiger partial charge on any atom is -0.493 e. The number of hydrogen-bond acceptors (Lipinski definition) is 8. The Morgan fingerprint density at radius 1 is 1.00 bits per heavy atom. The van der Waals surface area contributed by atoms with E-state index in [1.807, 2.05) is 6.92 Å². The fraction of sp³-hybridized carbons (Fsp3) is 0.545. The molecule has 0 bridgehead atoms. The van der Waals surface area contributed by atoms with Gasteiger partial charge in [-0.05, 0) is 25.0 Å². The molecular weight excluding hydrogens is 446 g/mol. The van der Waals surface area contributed by atoms with Gasteiger partial charge < -0.3 is 29.7 Å². The van der Waals surface area contributed by atoms with Gasteiger partial charge in [0.25, 0.3) is 0 Å². The molecule has 10 nitrogen and oxygen atoms in total. The first-order valence-corrected chi connectivity index (χ1v) is 11.7. The summed E-state index contributed by atoms with van der Waals surface area (Å²) < 4.78 is 16.1. The molecule has 2 N–H and O–H groups in total. The van der Waals surface area contributed by atoms with Crippen LogP contribution >= 0.6 is 11.3 Å². The van der Waals surface area contributed by atoms with Gasteiger partial charge in [-0.25, -0.2) is 4.79 Å². The van der Waals surface area contributed by atoms with Crippen LogP contribution in [0.15, 0.2) is 12.1 Å². The number of unbranched alkanes of at least 4 members (excludes halogenated alkanes) is 1. The number of aromatic nitrogens is 2. The smallest absolute Gasteiger partial charge is 0.317 e. The van der Waals surface area contributed by atoms with Gasteiger partial charge in [-0.1, -0.05) is 31.6 Å². The number of urea groups is 1. The van der Waals surface area contributed by atoms with Crippen molar-refractivity contribution in [3.8, 4) is 27.8 Å². The van der Waals surface area contributed by atoms with Gasteiger partial charge >= 0.3 is 6.03 Å². The number of rotatable bonds is 13. The van der Waals surface area contributed by atoms with Gasteiger partial charge in [-0.3, -0.25) is 4.79 Å². The van der Waals surface area contributed by atoms with Gasteiger partial charge in [0.05, 0.1) is 21.3 Å². The number of carbonyl (C=O) groups excluding carboxylic acids is 2. The molecule has 0 atom stereocenters. The Hall–Kier alpha value is -3.08. The number of hydrogen-bond donors (Lipinski definition) is 2. The number of ether oxygens (including phenoxy) is 3. The van der Waals surface area contributed by atoms with Crippen molar-refractivity contribution in [3.63, 3.8) is 0 Å². The lowest BCUT2D eigenvalue weighted by molar-refractivity contribution is -0.116. The van der Waals surface area contributed by atoms with Crippen LogP contribution in [0.1, 0.15) is 39.5 Å². The molecule has 0 aliphatic carbocycles. The van der Waals surface area contributed by atoms with Crippen molar-refractivity contribution < 1.29 is 23.8 Å². The molecule has 0 saturated carbocycles. The van der Waals surface area contributed by atoms with Crippen molar-refractivity contribution in [1.82, 2.24) is 20.4 Å². The van der Waals surface area contributed by atoms with Crippen molar-refractivity contribution in [1.29, 1.82) is 0 Å². The Balaban J connectivity index is 2.01. The fourth-order valence-corrected chi connectivity index (χ4v) is 3.83. The molecule has 0 fully saturated rings. The highest BCUT2D eigenvalue weighted by atomic mass is 32.1. The monoisotopic (exact) mass is 479 g/mol. The van der Waals surface area contributed by atoms with Crippen LogP contribution in [-0.4, -0.2) is 68.0 Å². The normalized spacial score (nSPS) is 10.5. The Morgan fingerprint density at radius 3 is 2.27 bits per heavy atom. The molecule has 0 unspecified atom stereocenters. The van der Waals surface area contributed by atoms with Crippen LogP contribution in [0.2, 0.25) is 0 Å². The molecular formula is C22H33N5O5S. The van der Waals surface area contributed by atoms with E-state index >= 15 is 0 Å². The second-order valence-electron chi connectivity index (χ2n) is 7.20. The molecule has 2 aromatic rings. The summed E-state index contributed by atoms with van der Waals surface area (Å²) in [6.45, 7) is 5.63. The van der Waals surface area contributed by atoms with E-state index in [0.717, 1.165) is 24.8 Å². The Bertz CT molecular complexity index is 895. The van der Waals surface area contributed by atoms with Gasteiger partial charge in [0.15, 0.2) is 11.5 Å². The summed E-state index contributed by atoms with van der Waals surface area (Å²) in [5, 5.41) is 14.9. The van der Waals surface area contributed by atoms with Crippen molar-refractivity contribution >= 4 is 28.4 Å². The lowest BCUT2D eigenvalue weighted by Crippen LogP contribution is -2.42. The van der Waals surface area contributed by atoms with Crippen molar-refractivity contribution in [2.45, 2.75) is 39.5 Å². The highest BCUT2D eigenvalue weighted by Gasteiger charge is 2.18. The third kappa shape index (κ3) is 7.48. The zero-order chi connectivity index (χ0) is 24.2. The molecule has 0 aliphatic rings. The molecule has 182 valence electrons. The number of nitrogens with zero attached hydrogens (tertiary/aromatic N) is 3. The molecule has 0 spiro atoms. The first-order valence-electron chi connectivity index (χ1n) is 10.9. The zero-order valence-electron chi connectivity index (χ0n) is 19.9. The second-order valence-corrected chi connectivity index (χ2v) is 8.17. The van der Waals surface area contributed by atoms with E-state index in [0.29, 0.717) is 47.0 Å². The molecule has 0 aliphatic heterocycles. The molecule has 1 heterocycles. The third-order valence-corrected chi connectivity index (χ3v) is 5.67. The summed E-state index contributed by atoms with van der Waals surface area (Å²) in [6.07, 6.45) is 2.92. The Kier molecular flexibility index (Phi) is 10.7. The van der Waals surface area contributed by atoms with Gasteiger partial charge in [-0.15, -0.1) is 10.2 Å². The van der Waals surface area contributed by atoms with Crippen molar-refractivity contribution in [2.24, 2.45) is 0 Å². The molecule has 33 heavy (non-hydrogen) atoms. The quantitative estimate of drug-likeness (QED) is 0.420. The van der Waals surface area contributed by atoms with Gasteiger partial charge in [0.2, 0.25) is 16.8 Å². The minimum atomic E-state index is -0.231. The molecule has 1 aromatic carbocycles. The summed E-state index contributed by atoms with van der Waals surface area (Å²) in [5.41, 5.74) is 0.723. The van der Waals surface area contributed by atoms with Crippen LogP contribution in [0, 0.1) is 0 Å². The van der Waals surface area contributed by atoms with Crippen LogP contribution in [0.3, 0.4) is 0 Å². The lowest BCUT2D eigenvalue weighted by Gasteiger charge is -2.22. The maximum atomic E-state index is 12.4. The largest absolute Gasteiger partial charge is 0.493 e. The van der Waals surface area contributed by atoms with Gasteiger partial charge in [-0.2, -0.15) is 0 Å². The average Bonchev–Trinajstić information content (AvgIpc) is 3.29. The highest BCUT2D eigenvalue weighted by Crippen LogP contribution is 2.42. The average molecular weight is 480 g/mol. The summed E-state index contributed by atoms with van der Waals surface area (Å²) in [4.78, 5) is 26.4. The van der Waals surface area contributed by atoms with E-state index in [9.17, 15) is 9.59 Å². The zero-order valence-corrected chi connectivity index (χ0v) is 20.7. The molecule has 2 rings (SSSR count). The predicted molar refractivity (Wildman–Crippen MR) is 128 cm³/mol. The predicted octanol–water partition coefficient (Wildman–Crippen LogP) is 3.78. The van der Waals surface area contributed by atoms with E-state index < -0.39 is 0 Å². The summed E-state index contributed by atoms with van der Waals surface area (Å²) in [7, 11) is 4.62. The van der Waals surface area contributed by atoms with Gasteiger partial charge in [0, 0.05) is 31.6 Å². The van der Waals surface area contributed by atoms with Gasteiger partial charge in [0.1, 0.15) is 5.01 Å². The van der Waals surface area contributed by atoms with Crippen LogP contribution in [0.5, 0.6) is 17.2 Å². The number of benzene rings is 1. The van der Waals surface area contributed by atoms with Crippen LogP contribution < -0.4 is 24.8 Å². The van der Waals surface area contributed by atoms with E-state index in [1.165, 1.54) is 18.4 Å². The number of methoxy groups -OCH3 is 3. The van der Waals surface area contributed by atoms with E-state index in [-0.39, 0.29) is 18.4 Å². The molecule has 3 amide bonds. The third-order valence-electron chi connectivity index (χ3n) is 4.78. The van der Waals surface area contributed by atoms with Crippen LogP contribution in [-0.2, 0) is 4.79 Å². The molecule has 0 radical (unpaired) electrons. The first-order chi connectivity index (χ1) is 16.0. The molecule has 11 heteroatoms. The van der Waals surface area contributed by atoms with Crippen LogP contribution in [0.4, 0.5) is 9.93 Å². The van der Waals surface area contributed by atoms with E-state index in [4.69, 9.17) is 14.2 Å². The second kappa shape index (κ2) is 13.5. The Morgan fingerprint density at radius 2 is 1.70 bits per heavy atom. The maximum absolute atomic E-state index is 12.4. The maximum Gasteiger partial charge on any atom is 0.317 e. The van der Waals surface area contributed by atoms with E-state index in [1.54, 1.807) is 31.3 Å². The lowest BCUT2D eigenvalue weighted by atomic mass is 10.2. The first kappa shape index (κ1) is 26.2. The highest BCUT2D eigenvalue weighted by molar-refractivity contribution is 7.18. The number of amides is 3. The topological polar surface area (TPSA) is 115 Å². The Labute approximate surface area is 198 Å². The minimum absolute atomic E-state index is 0.140. The summed E-state index contributed by atoms with van der Waals surface area (Å²) >= 11 is 1.23. The van der Waals surface area contributed by atoms with E-state index in [2.05, 4.69) is 27.8 Å². The van der Waals surface area contributed by atoms with Crippen molar-refractivity contribution in [3.05, 3.63) is 12.1 Å². The number of carbonyl (C=O) groups is 2. The SMILES string of the molecule is CCCCNC(=O)N(CCC)CCC(=O)Nc1nnc(-c2cc(OC)c(OC)c(OC)c2)s1. The van der Waals surface area contributed by atoms with Crippen LogP contribution in [0.25, 0.3) is 10.6 Å². The number of nitrogens with one attached hydrogen (secondary N) is 2. The van der Waals surface area contributed by atoms with Crippen molar-refractivity contribution in [2.75, 3.05) is 46.3 Å². The summed E-state index contributed by atoms with van der Waals surface area (Å²) in [6, 6.07) is 3.40.